The van der Waals surface area contributed by atoms with Gasteiger partial charge in [-0.15, -0.1) is 0 Å². The minimum Gasteiger partial charge on any atom is -0.508 e. The minimum absolute atomic E-state index is 0.0271. The van der Waals surface area contributed by atoms with E-state index in [0.29, 0.717) is 62.2 Å². The predicted molar refractivity (Wildman–Crippen MR) is 242 cm³/mol. The molecule has 0 aliphatic carbocycles. The van der Waals surface area contributed by atoms with Crippen LogP contribution in [0.5, 0.6) is 5.75 Å². The lowest BCUT2D eigenvalue weighted by atomic mass is 9.95. The van der Waals surface area contributed by atoms with Gasteiger partial charge in [-0.2, -0.15) is 0 Å². The third-order valence-electron chi connectivity index (χ3n) is 12.7. The number of carbonyl (C=O) groups is 5. The summed E-state index contributed by atoms with van der Waals surface area (Å²) in [5, 5.41) is 15.6. The highest BCUT2D eigenvalue weighted by atomic mass is 16.5. The van der Waals surface area contributed by atoms with Crippen LogP contribution in [-0.4, -0.2) is 118 Å². The molecule has 15 nitrogen and oxygen atoms in total. The van der Waals surface area contributed by atoms with Crippen molar-refractivity contribution in [3.63, 3.8) is 0 Å². The molecule has 5 heterocycles. The Labute approximate surface area is 374 Å². The van der Waals surface area contributed by atoms with Crippen LogP contribution in [0.25, 0.3) is 33.5 Å². The summed E-state index contributed by atoms with van der Waals surface area (Å²) < 4.78 is 13.9. The Morgan fingerprint density at radius 3 is 2.61 bits per heavy atom. The van der Waals surface area contributed by atoms with Crippen LogP contribution in [0.15, 0.2) is 67.3 Å². The van der Waals surface area contributed by atoms with Gasteiger partial charge in [0.25, 0.3) is 5.91 Å². The number of phenols is 1. The van der Waals surface area contributed by atoms with Crippen molar-refractivity contribution in [3.05, 3.63) is 83.9 Å². The lowest BCUT2D eigenvalue weighted by molar-refractivity contribution is -0.154. The van der Waals surface area contributed by atoms with Gasteiger partial charge in [-0.25, -0.2) is 10.4 Å². The van der Waals surface area contributed by atoms with Gasteiger partial charge in [0.1, 0.15) is 23.9 Å². The van der Waals surface area contributed by atoms with Crippen LogP contribution in [0.1, 0.15) is 63.6 Å². The molecule has 64 heavy (non-hydrogen) atoms. The fraction of sp³-hybridized carbons (Fsp3) is 0.469. The van der Waals surface area contributed by atoms with E-state index >= 15 is 0 Å². The Morgan fingerprint density at radius 2 is 1.88 bits per heavy atom. The number of hydrogen-bond acceptors (Lipinski definition) is 10. The van der Waals surface area contributed by atoms with Gasteiger partial charge >= 0.3 is 5.97 Å². The maximum atomic E-state index is 14.6. The number of aryl methyl sites for hydroxylation is 1. The van der Waals surface area contributed by atoms with Crippen molar-refractivity contribution >= 4 is 40.6 Å². The molecule has 4 aromatic rings. The van der Waals surface area contributed by atoms with Crippen LogP contribution in [0.4, 0.5) is 0 Å². The number of rotatable bonds is 10. The van der Waals surface area contributed by atoms with E-state index in [-0.39, 0.29) is 55.5 Å². The number of hydrogen-bond donors (Lipinski definition) is 3. The van der Waals surface area contributed by atoms with Crippen molar-refractivity contribution in [3.8, 4) is 28.3 Å². The Hall–Kier alpha value is -6.06. The number of methoxy groups -OCH3 is 1. The minimum atomic E-state index is -1.17. The highest BCUT2D eigenvalue weighted by Gasteiger charge is 2.40. The van der Waals surface area contributed by atoms with Crippen LogP contribution >= 0.6 is 0 Å². The summed E-state index contributed by atoms with van der Waals surface area (Å²) in [6.45, 7) is 13.5. The number of benzene rings is 2. The van der Waals surface area contributed by atoms with Crippen LogP contribution < -0.4 is 10.7 Å². The number of pyridine rings is 1. The summed E-state index contributed by atoms with van der Waals surface area (Å²) in [5.74, 6) is -3.03. The SMILES string of the molecule is C=CC(=O)N1CC[C@H](C(=O)N(C)[C@H](C(=O)N[C@H]2Cc3cc(O)cc(c3)-c3ccc4c(n3)c(c(-c3ccccc3COC)n4CC)C[C@H](C)COC(=O)[C@@H]3CCCN(N3)C2=O)C(C)C)C1. The van der Waals surface area contributed by atoms with Gasteiger partial charge in [0.2, 0.25) is 17.7 Å². The molecule has 2 saturated heterocycles. The summed E-state index contributed by atoms with van der Waals surface area (Å²) in [4.78, 5) is 77.3. The highest BCUT2D eigenvalue weighted by molar-refractivity contribution is 5.94. The molecule has 2 aromatic heterocycles. The second kappa shape index (κ2) is 19.8. The van der Waals surface area contributed by atoms with Crippen LogP contribution in [0.2, 0.25) is 0 Å². The number of aromatic hydroxyl groups is 1. The van der Waals surface area contributed by atoms with Gasteiger partial charge in [0.15, 0.2) is 0 Å². The second-order valence-electron chi connectivity index (χ2n) is 17.7. The number of amides is 4. The number of aromatic nitrogens is 2. The number of hydrazine groups is 1. The zero-order valence-corrected chi connectivity index (χ0v) is 37.8. The molecule has 2 fully saturated rings. The molecule has 0 radical (unpaired) electrons. The predicted octanol–water partition coefficient (Wildman–Crippen LogP) is 5.02. The summed E-state index contributed by atoms with van der Waals surface area (Å²) in [7, 11) is 3.25. The first-order valence-corrected chi connectivity index (χ1v) is 22.4. The van der Waals surface area contributed by atoms with Crippen molar-refractivity contribution in [2.45, 2.75) is 91.1 Å². The third kappa shape index (κ3) is 9.55. The van der Waals surface area contributed by atoms with E-state index in [0.717, 1.165) is 33.4 Å². The Morgan fingerprint density at radius 1 is 1.09 bits per heavy atom. The quantitative estimate of drug-likeness (QED) is 0.145. The van der Waals surface area contributed by atoms with Crippen LogP contribution in [0.3, 0.4) is 0 Å². The van der Waals surface area contributed by atoms with Crippen molar-refractivity contribution in [1.29, 1.82) is 0 Å². The molecule has 15 heteroatoms. The third-order valence-corrected chi connectivity index (χ3v) is 12.7. The first kappa shape index (κ1) is 45.9. The van der Waals surface area contributed by atoms with Gasteiger partial charge in [-0.1, -0.05) is 51.6 Å². The lowest BCUT2D eigenvalue weighted by Gasteiger charge is -2.36. The van der Waals surface area contributed by atoms with Crippen molar-refractivity contribution in [2.24, 2.45) is 17.8 Å². The van der Waals surface area contributed by atoms with Gasteiger partial charge in [-0.05, 0) is 92.0 Å². The maximum absolute atomic E-state index is 14.6. The van der Waals surface area contributed by atoms with Crippen molar-refractivity contribution in [2.75, 3.05) is 40.4 Å². The molecular formula is C49H61N7O8. The van der Waals surface area contributed by atoms with Crippen molar-refractivity contribution in [1.82, 2.24) is 35.1 Å². The first-order valence-electron chi connectivity index (χ1n) is 22.4. The number of ether oxygens (including phenoxy) is 2. The molecule has 4 amide bonds. The lowest BCUT2D eigenvalue weighted by Crippen LogP contribution is -2.62. The zero-order valence-electron chi connectivity index (χ0n) is 37.8. The standard InChI is InChI=1S/C49H61N7O8/c1-8-42(58)54-20-18-32(26-54)47(60)53(6)44(29(3)4)46(59)51-40-24-31-22-34(25-35(57)23-31)38-16-17-41-43(50-38)37(45(55(41)9-2)36-14-11-10-13-33(36)28-63-7)21-30(5)27-64-49(62)39-15-12-19-56(52-39)48(40)61/h8,10-11,13-14,16-17,22-23,25,29-30,32,39-40,44,52,57H,1,9,12,15,18-21,24,26-28H2,2-7H3,(H,51,59)/t30-,32-,39-,40-,44-/m0/s1. The largest absolute Gasteiger partial charge is 0.508 e. The molecule has 3 aliphatic rings. The number of phenolic OH excluding ortho intramolecular Hbond substituents is 1. The number of carbonyl (C=O) groups excluding carboxylic acids is 5. The molecule has 7 rings (SSSR count). The molecule has 3 aliphatic heterocycles. The van der Waals surface area contributed by atoms with E-state index in [9.17, 15) is 29.1 Å². The molecule has 6 bridgehead atoms. The van der Waals surface area contributed by atoms with E-state index in [1.165, 1.54) is 16.0 Å². The zero-order chi connectivity index (χ0) is 45.8. The normalized spacial score (nSPS) is 21.0. The summed E-state index contributed by atoms with van der Waals surface area (Å²) >= 11 is 0. The maximum Gasteiger partial charge on any atom is 0.324 e. The number of cyclic esters (lactones) is 1. The fourth-order valence-electron chi connectivity index (χ4n) is 9.62. The fourth-order valence-corrected chi connectivity index (χ4v) is 9.62. The van der Waals surface area contributed by atoms with Gasteiger partial charge in [0, 0.05) is 63.4 Å². The van der Waals surface area contributed by atoms with Crippen LogP contribution in [0, 0.1) is 17.8 Å². The van der Waals surface area contributed by atoms with Crippen molar-refractivity contribution < 1.29 is 38.6 Å². The molecule has 2 aromatic carbocycles. The molecule has 0 spiro atoms. The molecular weight excluding hydrogens is 815 g/mol. The summed E-state index contributed by atoms with van der Waals surface area (Å²) in [5.41, 5.74) is 10.7. The Bertz CT molecular complexity index is 2430. The summed E-state index contributed by atoms with van der Waals surface area (Å²) in [6, 6.07) is 14.3. The van der Waals surface area contributed by atoms with E-state index in [2.05, 4.69) is 40.9 Å². The van der Waals surface area contributed by atoms with Gasteiger partial charge in [-0.3, -0.25) is 29.0 Å². The van der Waals surface area contributed by atoms with E-state index in [4.69, 9.17) is 14.5 Å². The van der Waals surface area contributed by atoms with E-state index < -0.39 is 41.8 Å². The second-order valence-corrected chi connectivity index (χ2v) is 17.7. The number of likely N-dealkylation sites (tertiary alicyclic amines) is 1. The molecule has 3 N–H and O–H groups in total. The summed E-state index contributed by atoms with van der Waals surface area (Å²) in [6.07, 6.45) is 3.16. The average molecular weight is 876 g/mol. The highest BCUT2D eigenvalue weighted by Crippen LogP contribution is 2.38. The molecule has 5 atom stereocenters. The number of nitrogens with one attached hydrogen (secondary N) is 2. The number of likely N-dealkylation sites (N-methyl/N-ethyl adjacent to an activating group) is 1. The number of fused-ring (bicyclic) bond motifs is 6. The number of nitrogens with zero attached hydrogens (tertiary/aromatic N) is 5. The molecule has 0 unspecified atom stereocenters. The van der Waals surface area contributed by atoms with Crippen LogP contribution in [-0.2, 0) is 59.4 Å². The van der Waals surface area contributed by atoms with Gasteiger partial charge < -0.3 is 34.3 Å². The Balaban J connectivity index is 1.29. The van der Waals surface area contributed by atoms with Gasteiger partial charge in [0.05, 0.1) is 41.6 Å². The monoisotopic (exact) mass is 875 g/mol. The average Bonchev–Trinajstić information content (AvgIpc) is 3.90. The van der Waals surface area contributed by atoms with E-state index in [1.807, 2.05) is 51.1 Å². The Kier molecular flexibility index (Phi) is 14.2. The number of esters is 1. The first-order chi connectivity index (χ1) is 30.7. The smallest absolute Gasteiger partial charge is 0.324 e. The van der Waals surface area contributed by atoms with E-state index in [1.54, 1.807) is 31.2 Å². The molecule has 0 saturated carbocycles. The molecule has 340 valence electrons. The topological polar surface area (TPSA) is 176 Å².